The highest BCUT2D eigenvalue weighted by Gasteiger charge is 2.20. The lowest BCUT2D eigenvalue weighted by molar-refractivity contribution is 0.0901. The number of hydrogen-bond donors (Lipinski definition) is 1. The van der Waals surface area contributed by atoms with Gasteiger partial charge in [-0.25, -0.2) is 8.78 Å². The zero-order chi connectivity index (χ0) is 14.7. The highest BCUT2D eigenvalue weighted by molar-refractivity contribution is 5.40. The Kier molecular flexibility index (Phi) is 4.01. The maximum Gasteiger partial charge on any atom is 0.161 e. The van der Waals surface area contributed by atoms with Crippen molar-refractivity contribution in [2.24, 2.45) is 0 Å². The van der Waals surface area contributed by atoms with Crippen LogP contribution in [0.3, 0.4) is 0 Å². The van der Waals surface area contributed by atoms with Gasteiger partial charge in [0.2, 0.25) is 0 Å². The maximum atomic E-state index is 13.5. The van der Waals surface area contributed by atoms with Gasteiger partial charge in [-0.1, -0.05) is 12.1 Å². The first kappa shape index (κ1) is 13.8. The third-order valence-electron chi connectivity index (χ3n) is 3.26. The molecular weight excluding hydrogens is 276 g/mol. The van der Waals surface area contributed by atoms with Crippen molar-refractivity contribution in [2.45, 2.75) is 12.6 Å². The Morgan fingerprint density at radius 2 is 1.90 bits per heavy atom. The van der Waals surface area contributed by atoms with Crippen molar-refractivity contribution in [2.75, 3.05) is 13.2 Å². The quantitative estimate of drug-likeness (QED) is 0.939. The van der Waals surface area contributed by atoms with Crippen LogP contribution in [0.5, 0.6) is 11.5 Å². The largest absolute Gasteiger partial charge is 0.486 e. The first-order valence-electron chi connectivity index (χ1n) is 6.75. The van der Waals surface area contributed by atoms with E-state index in [0.29, 0.717) is 24.5 Å². The number of ether oxygens (including phenoxy) is 2. The van der Waals surface area contributed by atoms with E-state index in [1.54, 1.807) is 0 Å². The lowest BCUT2D eigenvalue weighted by Gasteiger charge is -2.26. The second kappa shape index (κ2) is 6.10. The van der Waals surface area contributed by atoms with E-state index in [-0.39, 0.29) is 12.6 Å². The summed E-state index contributed by atoms with van der Waals surface area (Å²) >= 11 is 0. The summed E-state index contributed by atoms with van der Waals surface area (Å²) in [6.45, 7) is 1.16. The number of rotatable bonds is 4. The molecule has 0 aromatic heterocycles. The number of halogens is 2. The smallest absolute Gasteiger partial charge is 0.161 e. The molecule has 3 nitrogen and oxygen atoms in total. The summed E-state index contributed by atoms with van der Waals surface area (Å²) < 4.78 is 37.9. The summed E-state index contributed by atoms with van der Waals surface area (Å²) in [6, 6.07) is 10.9. The molecule has 0 saturated carbocycles. The fourth-order valence-corrected chi connectivity index (χ4v) is 2.21. The van der Waals surface area contributed by atoms with E-state index in [2.05, 4.69) is 5.32 Å². The Bertz CT molecular complexity index is 633. The van der Waals surface area contributed by atoms with Crippen LogP contribution in [0, 0.1) is 11.6 Å². The molecule has 1 atom stereocenters. The number of hydrogen-bond acceptors (Lipinski definition) is 3. The molecule has 0 amide bonds. The Balaban J connectivity index is 1.54. The molecule has 5 heteroatoms. The SMILES string of the molecule is Fc1ccc(F)c(CNCC2COc3ccccc3O2)c1. The molecule has 0 fully saturated rings. The molecular formula is C16H15F2NO2. The fourth-order valence-electron chi connectivity index (χ4n) is 2.21. The average Bonchev–Trinajstić information content (AvgIpc) is 2.50. The van der Waals surface area contributed by atoms with Crippen LogP contribution in [-0.4, -0.2) is 19.3 Å². The molecule has 1 aliphatic heterocycles. The molecule has 3 rings (SSSR count). The van der Waals surface area contributed by atoms with Gasteiger partial charge in [0.05, 0.1) is 0 Å². The molecule has 2 aromatic carbocycles. The third kappa shape index (κ3) is 3.31. The molecule has 0 radical (unpaired) electrons. The summed E-state index contributed by atoms with van der Waals surface area (Å²) in [6.07, 6.45) is -0.156. The van der Waals surface area contributed by atoms with Gasteiger partial charge in [-0.05, 0) is 30.3 Å². The predicted octanol–water partition coefficient (Wildman–Crippen LogP) is 2.89. The van der Waals surface area contributed by atoms with Crippen LogP contribution in [0.15, 0.2) is 42.5 Å². The van der Waals surface area contributed by atoms with Gasteiger partial charge in [-0.3, -0.25) is 0 Å². The summed E-state index contributed by atoms with van der Waals surface area (Å²) in [5.41, 5.74) is 0.298. The molecule has 21 heavy (non-hydrogen) atoms. The summed E-state index contributed by atoms with van der Waals surface area (Å²) in [4.78, 5) is 0. The Labute approximate surface area is 121 Å². The number of benzene rings is 2. The number of para-hydroxylation sites is 2. The van der Waals surface area contributed by atoms with Crippen LogP contribution in [-0.2, 0) is 6.54 Å². The van der Waals surface area contributed by atoms with E-state index in [1.807, 2.05) is 24.3 Å². The van der Waals surface area contributed by atoms with Crippen LogP contribution in [0.1, 0.15) is 5.56 Å². The average molecular weight is 291 g/mol. The van der Waals surface area contributed by atoms with E-state index in [9.17, 15) is 8.78 Å². The first-order chi connectivity index (χ1) is 10.2. The fraction of sp³-hybridized carbons (Fsp3) is 0.250. The van der Waals surface area contributed by atoms with Gasteiger partial charge in [0, 0.05) is 18.7 Å². The van der Waals surface area contributed by atoms with Gasteiger partial charge in [0.1, 0.15) is 24.3 Å². The second-order valence-electron chi connectivity index (χ2n) is 4.86. The second-order valence-corrected chi connectivity index (χ2v) is 4.86. The van der Waals surface area contributed by atoms with Crippen molar-refractivity contribution in [1.29, 1.82) is 0 Å². The van der Waals surface area contributed by atoms with Gasteiger partial charge in [0.15, 0.2) is 11.5 Å². The van der Waals surface area contributed by atoms with Crippen LogP contribution in [0.2, 0.25) is 0 Å². The molecule has 0 bridgehead atoms. The van der Waals surface area contributed by atoms with Gasteiger partial charge in [-0.15, -0.1) is 0 Å². The molecule has 0 aliphatic carbocycles. The summed E-state index contributed by atoms with van der Waals surface area (Å²) in [7, 11) is 0. The molecule has 110 valence electrons. The van der Waals surface area contributed by atoms with Crippen molar-refractivity contribution >= 4 is 0 Å². The van der Waals surface area contributed by atoms with E-state index >= 15 is 0 Å². The Morgan fingerprint density at radius 1 is 1.10 bits per heavy atom. The molecule has 1 unspecified atom stereocenters. The monoisotopic (exact) mass is 291 g/mol. The maximum absolute atomic E-state index is 13.5. The van der Waals surface area contributed by atoms with E-state index in [0.717, 1.165) is 17.9 Å². The number of nitrogens with one attached hydrogen (secondary N) is 1. The van der Waals surface area contributed by atoms with Gasteiger partial charge in [0.25, 0.3) is 0 Å². The first-order valence-corrected chi connectivity index (χ1v) is 6.75. The van der Waals surface area contributed by atoms with Gasteiger partial charge < -0.3 is 14.8 Å². The Hall–Kier alpha value is -2.14. The minimum Gasteiger partial charge on any atom is -0.486 e. The van der Waals surface area contributed by atoms with Crippen LogP contribution in [0.4, 0.5) is 8.78 Å². The van der Waals surface area contributed by atoms with Crippen molar-refractivity contribution in [3.05, 3.63) is 59.7 Å². The molecule has 0 spiro atoms. The van der Waals surface area contributed by atoms with E-state index in [4.69, 9.17) is 9.47 Å². The molecule has 1 heterocycles. The highest BCUT2D eigenvalue weighted by atomic mass is 19.1. The topological polar surface area (TPSA) is 30.5 Å². The predicted molar refractivity (Wildman–Crippen MR) is 74.4 cm³/mol. The molecule has 0 saturated heterocycles. The summed E-state index contributed by atoms with van der Waals surface area (Å²) in [5.74, 6) is 0.562. The van der Waals surface area contributed by atoms with Gasteiger partial charge in [-0.2, -0.15) is 0 Å². The molecule has 2 aromatic rings. The van der Waals surface area contributed by atoms with Crippen molar-refractivity contribution < 1.29 is 18.3 Å². The standard InChI is InChI=1S/C16H15F2NO2/c17-12-5-6-14(18)11(7-12)8-19-9-13-10-20-15-3-1-2-4-16(15)21-13/h1-7,13,19H,8-10H2. The van der Waals surface area contributed by atoms with Crippen LogP contribution in [0.25, 0.3) is 0 Å². The minimum atomic E-state index is -0.445. The normalized spacial score (nSPS) is 16.8. The van der Waals surface area contributed by atoms with Crippen molar-refractivity contribution in [3.8, 4) is 11.5 Å². The van der Waals surface area contributed by atoms with Crippen molar-refractivity contribution in [3.63, 3.8) is 0 Å². The summed E-state index contributed by atoms with van der Waals surface area (Å²) in [5, 5.41) is 3.06. The minimum absolute atomic E-state index is 0.156. The lowest BCUT2D eigenvalue weighted by atomic mass is 10.2. The third-order valence-corrected chi connectivity index (χ3v) is 3.26. The highest BCUT2D eigenvalue weighted by Crippen LogP contribution is 2.30. The zero-order valence-corrected chi connectivity index (χ0v) is 11.3. The van der Waals surface area contributed by atoms with Crippen molar-refractivity contribution in [1.82, 2.24) is 5.32 Å². The molecule has 1 aliphatic rings. The van der Waals surface area contributed by atoms with Crippen LogP contribution < -0.4 is 14.8 Å². The van der Waals surface area contributed by atoms with Gasteiger partial charge >= 0.3 is 0 Å². The zero-order valence-electron chi connectivity index (χ0n) is 11.3. The Morgan fingerprint density at radius 3 is 2.76 bits per heavy atom. The van der Waals surface area contributed by atoms with Crippen LogP contribution >= 0.6 is 0 Å². The van der Waals surface area contributed by atoms with E-state index in [1.165, 1.54) is 6.07 Å². The van der Waals surface area contributed by atoms with E-state index < -0.39 is 11.6 Å². The number of fused-ring (bicyclic) bond motifs is 1. The molecule has 1 N–H and O–H groups in total. The lowest BCUT2D eigenvalue weighted by Crippen LogP contribution is -2.38.